The molecule has 1 saturated carbocycles. The largest absolute Gasteiger partial charge is 0.312 e. The maximum atomic E-state index is 3.55. The van der Waals surface area contributed by atoms with Crippen LogP contribution in [0.5, 0.6) is 0 Å². The van der Waals surface area contributed by atoms with Crippen molar-refractivity contribution in [1.29, 1.82) is 0 Å². The number of nitrogens with one attached hydrogen (secondary N) is 1. The molecule has 0 heterocycles. The van der Waals surface area contributed by atoms with Crippen molar-refractivity contribution in [1.82, 2.24) is 5.32 Å². The lowest BCUT2D eigenvalue weighted by molar-refractivity contribution is 0.424. The van der Waals surface area contributed by atoms with Gasteiger partial charge in [-0.15, -0.1) is 0 Å². The van der Waals surface area contributed by atoms with Crippen LogP contribution >= 0.6 is 0 Å². The summed E-state index contributed by atoms with van der Waals surface area (Å²) in [5.41, 5.74) is 0.221. The predicted molar refractivity (Wildman–Crippen MR) is 71.3 cm³/mol. The highest BCUT2D eigenvalue weighted by atomic mass is 14.9. The molecule has 1 N–H and O–H groups in total. The molecule has 91 valence electrons. The van der Waals surface area contributed by atoms with Gasteiger partial charge in [-0.05, 0) is 63.3 Å². The van der Waals surface area contributed by atoms with Gasteiger partial charge >= 0.3 is 0 Å². The van der Waals surface area contributed by atoms with E-state index < -0.39 is 0 Å². The minimum atomic E-state index is 0.221. The first-order valence-electron chi connectivity index (χ1n) is 6.21. The van der Waals surface area contributed by atoms with E-state index in [0.29, 0.717) is 0 Å². The number of rotatable bonds is 3. The van der Waals surface area contributed by atoms with E-state index in [0.717, 1.165) is 13.0 Å². The molecule has 1 fully saturated rings. The third kappa shape index (κ3) is 3.23. The zero-order valence-electron chi connectivity index (χ0n) is 11.9. The van der Waals surface area contributed by atoms with Gasteiger partial charge in [-0.3, -0.25) is 0 Å². The van der Waals surface area contributed by atoms with Crippen molar-refractivity contribution >= 4 is 0 Å². The van der Waals surface area contributed by atoms with Crippen molar-refractivity contribution in [2.45, 2.75) is 60.4 Å². The van der Waals surface area contributed by atoms with Crippen LogP contribution in [0.4, 0.5) is 0 Å². The van der Waals surface area contributed by atoms with Crippen LogP contribution in [0.25, 0.3) is 0 Å². The maximum Gasteiger partial charge on any atom is 0.00965 e. The number of hydrogen-bond acceptors (Lipinski definition) is 1. The Kier molecular flexibility index (Phi) is 4.45. The lowest BCUT2D eigenvalue weighted by atomic mass is 9.86. The highest BCUT2D eigenvalue weighted by molar-refractivity contribution is 5.58. The van der Waals surface area contributed by atoms with Crippen LogP contribution in [0.15, 0.2) is 0 Å². The van der Waals surface area contributed by atoms with Crippen molar-refractivity contribution in [2.24, 2.45) is 0 Å². The summed E-state index contributed by atoms with van der Waals surface area (Å²) in [4.78, 5) is 0. The van der Waals surface area contributed by atoms with Crippen molar-refractivity contribution in [3.8, 4) is 0 Å². The first-order valence-corrected chi connectivity index (χ1v) is 6.21. The maximum absolute atomic E-state index is 3.55. The second kappa shape index (κ2) is 5.08. The Hall–Kier alpha value is -0.0400. The highest BCUT2D eigenvalue weighted by Crippen LogP contribution is 2.53. The second-order valence-electron chi connectivity index (χ2n) is 5.91. The Morgan fingerprint density at radius 2 is 1.25 bits per heavy atom. The van der Waals surface area contributed by atoms with E-state index in [-0.39, 0.29) is 5.54 Å². The standard InChI is InChI=1S/C15H26N/c1-10-11(2)13(4)14(12(10)3)8-9-16-15(5,6)7/h16H,8-9H2,1-7H3. The molecule has 0 aromatic heterocycles. The summed E-state index contributed by atoms with van der Waals surface area (Å²) in [5.74, 6) is 7.48. The van der Waals surface area contributed by atoms with Gasteiger partial charge in [0, 0.05) is 5.54 Å². The van der Waals surface area contributed by atoms with Gasteiger partial charge in [0.15, 0.2) is 0 Å². The summed E-state index contributed by atoms with van der Waals surface area (Å²) in [5, 5.41) is 3.55. The van der Waals surface area contributed by atoms with Gasteiger partial charge in [0.05, 0.1) is 0 Å². The van der Waals surface area contributed by atoms with Gasteiger partial charge in [-0.2, -0.15) is 0 Å². The van der Waals surface area contributed by atoms with E-state index >= 15 is 0 Å². The van der Waals surface area contributed by atoms with Crippen LogP contribution in [0.1, 0.15) is 54.9 Å². The predicted octanol–water partition coefficient (Wildman–Crippen LogP) is 3.73. The van der Waals surface area contributed by atoms with Crippen molar-refractivity contribution in [2.75, 3.05) is 6.54 Å². The molecule has 1 aliphatic carbocycles. The van der Waals surface area contributed by atoms with Crippen molar-refractivity contribution in [3.63, 3.8) is 0 Å². The molecule has 1 heteroatoms. The third-order valence-electron chi connectivity index (χ3n) is 3.62. The minimum absolute atomic E-state index is 0.221. The molecular weight excluding hydrogens is 194 g/mol. The van der Waals surface area contributed by atoms with Crippen LogP contribution in [0, 0.1) is 29.6 Å². The molecule has 0 aromatic carbocycles. The Balaban J connectivity index is 2.43. The summed E-state index contributed by atoms with van der Waals surface area (Å²) in [7, 11) is 0. The van der Waals surface area contributed by atoms with Gasteiger partial charge in [-0.1, -0.05) is 27.7 Å². The van der Waals surface area contributed by atoms with Crippen LogP contribution in [-0.4, -0.2) is 12.1 Å². The van der Waals surface area contributed by atoms with Crippen LogP contribution in [0.2, 0.25) is 0 Å². The van der Waals surface area contributed by atoms with E-state index in [4.69, 9.17) is 0 Å². The van der Waals surface area contributed by atoms with Crippen molar-refractivity contribution < 1.29 is 0 Å². The number of hydrogen-bond donors (Lipinski definition) is 1. The van der Waals surface area contributed by atoms with E-state index in [9.17, 15) is 0 Å². The van der Waals surface area contributed by atoms with Crippen LogP contribution < -0.4 is 5.32 Å². The van der Waals surface area contributed by atoms with Gasteiger partial charge in [-0.25, -0.2) is 0 Å². The summed E-state index contributed by atoms with van der Waals surface area (Å²) < 4.78 is 0. The first kappa shape index (κ1) is 14.0. The molecule has 1 nitrogen and oxygen atoms in total. The molecule has 0 amide bonds. The molecule has 16 heavy (non-hydrogen) atoms. The lowest BCUT2D eigenvalue weighted by Gasteiger charge is -2.24. The summed E-state index contributed by atoms with van der Waals surface area (Å²) in [6, 6.07) is 0. The second-order valence-corrected chi connectivity index (χ2v) is 5.91. The normalized spacial score (nSPS) is 23.4. The molecule has 1 rings (SSSR count). The summed E-state index contributed by atoms with van der Waals surface area (Å²) >= 11 is 0. The van der Waals surface area contributed by atoms with E-state index in [2.05, 4.69) is 53.8 Å². The van der Waals surface area contributed by atoms with Gasteiger partial charge in [0.25, 0.3) is 0 Å². The Bertz CT molecular complexity index is 202. The van der Waals surface area contributed by atoms with Gasteiger partial charge in [0.1, 0.15) is 0 Å². The third-order valence-corrected chi connectivity index (χ3v) is 3.62. The highest BCUT2D eigenvalue weighted by Gasteiger charge is 2.42. The van der Waals surface area contributed by atoms with Gasteiger partial charge in [0.2, 0.25) is 0 Å². The monoisotopic (exact) mass is 220 g/mol. The Morgan fingerprint density at radius 3 is 1.62 bits per heavy atom. The topological polar surface area (TPSA) is 12.0 Å². The zero-order valence-corrected chi connectivity index (χ0v) is 11.9. The zero-order chi connectivity index (χ0) is 12.5. The van der Waals surface area contributed by atoms with Crippen LogP contribution in [-0.2, 0) is 0 Å². The van der Waals surface area contributed by atoms with Gasteiger partial charge < -0.3 is 5.32 Å². The van der Waals surface area contributed by atoms with E-state index in [1.165, 1.54) is 23.7 Å². The van der Waals surface area contributed by atoms with E-state index in [1.807, 2.05) is 0 Å². The quantitative estimate of drug-likeness (QED) is 0.764. The molecule has 0 aromatic rings. The van der Waals surface area contributed by atoms with Crippen molar-refractivity contribution in [3.05, 3.63) is 29.6 Å². The molecule has 0 saturated heterocycles. The fourth-order valence-corrected chi connectivity index (χ4v) is 2.23. The van der Waals surface area contributed by atoms with Crippen LogP contribution in [0.3, 0.4) is 0 Å². The Morgan fingerprint density at radius 1 is 0.812 bits per heavy atom. The summed E-state index contributed by atoms with van der Waals surface area (Å²) in [6.45, 7) is 16.7. The average Bonchev–Trinajstić information content (AvgIpc) is 2.33. The minimum Gasteiger partial charge on any atom is -0.312 e. The van der Waals surface area contributed by atoms with E-state index in [1.54, 1.807) is 5.92 Å². The first-order chi connectivity index (χ1) is 7.24. The molecule has 5 radical (unpaired) electrons. The average molecular weight is 220 g/mol. The molecule has 0 spiro atoms. The molecular formula is C15H26N. The summed E-state index contributed by atoms with van der Waals surface area (Å²) in [6.07, 6.45) is 1.14. The fraction of sp³-hybridized carbons (Fsp3) is 0.667. The Labute approximate surface area is 102 Å². The lowest BCUT2D eigenvalue weighted by Crippen LogP contribution is -2.37. The molecule has 0 unspecified atom stereocenters. The smallest absolute Gasteiger partial charge is 0.00965 e. The molecule has 0 aliphatic heterocycles. The molecule has 0 bridgehead atoms. The molecule has 1 aliphatic rings. The fourth-order valence-electron chi connectivity index (χ4n) is 2.23. The molecule has 0 atom stereocenters. The SMILES string of the molecule is C[C]1[C](C)[C](C)[C](CCNC(C)(C)C)[C]1C.